The molecule has 0 aliphatic heterocycles. The average molecular weight is 325 g/mol. The minimum Gasteiger partial charge on any atom is -0.381 e. The largest absolute Gasteiger partial charge is 0.381 e. The van der Waals surface area contributed by atoms with Gasteiger partial charge in [0.15, 0.2) is 0 Å². The summed E-state index contributed by atoms with van der Waals surface area (Å²) in [5, 5.41) is 3.64. The topological polar surface area (TPSA) is 24.9 Å². The molecule has 2 unspecified atom stereocenters. The molecule has 1 N–H and O–H groups in total. The Balaban J connectivity index is 1.91. The van der Waals surface area contributed by atoms with Crippen LogP contribution in [0.25, 0.3) is 0 Å². The second-order valence-corrected chi connectivity index (χ2v) is 7.59. The summed E-state index contributed by atoms with van der Waals surface area (Å²) in [5.41, 5.74) is 1.59. The summed E-state index contributed by atoms with van der Waals surface area (Å²) in [6.45, 7) is 7.14. The quantitative estimate of drug-likeness (QED) is 0.593. The van der Waals surface area contributed by atoms with Crippen molar-refractivity contribution in [1.29, 1.82) is 0 Å². The molecule has 19 heavy (non-hydrogen) atoms. The Morgan fingerprint density at radius 3 is 2.58 bits per heavy atom. The van der Waals surface area contributed by atoms with Gasteiger partial charge >= 0.3 is 0 Å². The van der Waals surface area contributed by atoms with Crippen molar-refractivity contribution in [1.82, 2.24) is 4.98 Å². The van der Waals surface area contributed by atoms with Gasteiger partial charge in [-0.3, -0.25) is 0 Å². The molecule has 0 spiro atoms. The molecule has 0 radical (unpaired) electrons. The Labute approximate surface area is 125 Å². The summed E-state index contributed by atoms with van der Waals surface area (Å²) in [6, 6.07) is 4.70. The predicted molar refractivity (Wildman–Crippen MR) is 85.4 cm³/mol. The van der Waals surface area contributed by atoms with Gasteiger partial charge in [0.25, 0.3) is 0 Å². The van der Waals surface area contributed by atoms with E-state index in [1.54, 1.807) is 0 Å². The van der Waals surface area contributed by atoms with Crippen LogP contribution in [0, 0.1) is 11.3 Å². The molecule has 1 aliphatic rings. The predicted octanol–water partition coefficient (Wildman–Crippen LogP) is 5.25. The number of nitrogens with one attached hydrogen (secondary N) is 1. The van der Waals surface area contributed by atoms with E-state index in [1.165, 1.54) is 32.1 Å². The van der Waals surface area contributed by atoms with E-state index in [0.29, 0.717) is 11.5 Å². The lowest BCUT2D eigenvalue weighted by Gasteiger charge is -2.29. The molecule has 1 saturated carbocycles. The van der Waals surface area contributed by atoms with Gasteiger partial charge in [0.1, 0.15) is 4.60 Å². The van der Waals surface area contributed by atoms with Crippen molar-refractivity contribution in [2.75, 3.05) is 5.32 Å². The highest BCUT2D eigenvalue weighted by molar-refractivity contribution is 9.10. The van der Waals surface area contributed by atoms with Crippen LogP contribution in [0.15, 0.2) is 22.9 Å². The zero-order valence-electron chi connectivity index (χ0n) is 12.2. The Hall–Kier alpha value is -0.570. The van der Waals surface area contributed by atoms with Gasteiger partial charge in [0.2, 0.25) is 0 Å². The molecule has 1 aromatic rings. The fourth-order valence-electron chi connectivity index (χ4n) is 3.01. The van der Waals surface area contributed by atoms with Gasteiger partial charge in [0, 0.05) is 6.04 Å². The maximum Gasteiger partial charge on any atom is 0.106 e. The zero-order valence-corrected chi connectivity index (χ0v) is 13.8. The molecular weight excluding hydrogens is 300 g/mol. The Morgan fingerprint density at radius 1 is 1.16 bits per heavy atom. The molecule has 1 aliphatic carbocycles. The molecule has 0 bridgehead atoms. The molecule has 106 valence electrons. The first kappa shape index (κ1) is 14.8. The van der Waals surface area contributed by atoms with Gasteiger partial charge in [-0.05, 0) is 65.1 Å². The van der Waals surface area contributed by atoms with Crippen LogP contribution < -0.4 is 5.32 Å². The fraction of sp³-hybridized carbons (Fsp3) is 0.688. The average Bonchev–Trinajstić information content (AvgIpc) is 2.57. The van der Waals surface area contributed by atoms with E-state index in [9.17, 15) is 0 Å². The van der Waals surface area contributed by atoms with Gasteiger partial charge < -0.3 is 5.32 Å². The molecule has 1 fully saturated rings. The smallest absolute Gasteiger partial charge is 0.106 e. The Bertz CT molecular complexity index is 394. The maximum atomic E-state index is 4.28. The molecule has 2 rings (SSSR count). The molecule has 2 atom stereocenters. The third kappa shape index (κ3) is 4.48. The number of rotatable bonds is 2. The number of halogens is 1. The summed E-state index contributed by atoms with van der Waals surface area (Å²) in [4.78, 5) is 4.28. The van der Waals surface area contributed by atoms with E-state index >= 15 is 0 Å². The minimum atomic E-state index is 0.452. The van der Waals surface area contributed by atoms with E-state index in [4.69, 9.17) is 0 Å². The van der Waals surface area contributed by atoms with Gasteiger partial charge in [-0.25, -0.2) is 4.98 Å². The van der Waals surface area contributed by atoms with Crippen LogP contribution in [0.5, 0.6) is 0 Å². The zero-order chi connectivity index (χ0) is 13.9. The van der Waals surface area contributed by atoms with Gasteiger partial charge in [-0.15, -0.1) is 0 Å². The first-order chi connectivity index (χ1) is 8.95. The van der Waals surface area contributed by atoms with Crippen LogP contribution in [0.4, 0.5) is 5.69 Å². The lowest BCUT2D eigenvalue weighted by molar-refractivity contribution is 0.214. The Morgan fingerprint density at radius 2 is 1.95 bits per heavy atom. The van der Waals surface area contributed by atoms with Crippen molar-refractivity contribution in [2.24, 2.45) is 11.3 Å². The number of anilines is 1. The number of pyridine rings is 1. The normalized spacial score (nSPS) is 24.8. The second kappa shape index (κ2) is 6.25. The highest BCUT2D eigenvalue weighted by atomic mass is 79.9. The highest BCUT2D eigenvalue weighted by Crippen LogP contribution is 2.37. The van der Waals surface area contributed by atoms with Crippen LogP contribution in [0.2, 0.25) is 0 Å². The van der Waals surface area contributed by atoms with E-state index < -0.39 is 0 Å². The number of nitrogens with zero attached hydrogens (tertiary/aromatic N) is 1. The van der Waals surface area contributed by atoms with E-state index in [-0.39, 0.29) is 0 Å². The minimum absolute atomic E-state index is 0.452. The fourth-order valence-corrected chi connectivity index (χ4v) is 3.24. The van der Waals surface area contributed by atoms with Crippen molar-refractivity contribution < 1.29 is 0 Å². The molecule has 0 amide bonds. The van der Waals surface area contributed by atoms with Crippen LogP contribution in [0.3, 0.4) is 0 Å². The molecule has 1 aromatic heterocycles. The monoisotopic (exact) mass is 324 g/mol. The lowest BCUT2D eigenvalue weighted by Crippen LogP contribution is -2.21. The van der Waals surface area contributed by atoms with Gasteiger partial charge in [-0.1, -0.05) is 27.2 Å². The van der Waals surface area contributed by atoms with E-state index in [1.807, 2.05) is 12.3 Å². The standard InChI is InChI=1S/C16H25BrN2/c1-16(2,3)12-5-4-6-13(8-7-12)19-14-9-10-15(17)18-11-14/h9-13,19H,4-8H2,1-3H3. The third-order valence-corrected chi connectivity index (χ3v) is 4.76. The van der Waals surface area contributed by atoms with Gasteiger partial charge in [0.05, 0.1) is 11.9 Å². The number of aromatic nitrogens is 1. The van der Waals surface area contributed by atoms with Crippen molar-refractivity contribution >= 4 is 21.6 Å². The molecular formula is C16H25BrN2. The van der Waals surface area contributed by atoms with Crippen molar-refractivity contribution in [3.8, 4) is 0 Å². The van der Waals surface area contributed by atoms with Crippen molar-refractivity contribution in [2.45, 2.75) is 58.9 Å². The van der Waals surface area contributed by atoms with Crippen molar-refractivity contribution in [3.63, 3.8) is 0 Å². The summed E-state index contributed by atoms with van der Waals surface area (Å²) in [7, 11) is 0. The summed E-state index contributed by atoms with van der Waals surface area (Å²) in [6.07, 6.45) is 8.52. The van der Waals surface area contributed by atoms with E-state index in [2.05, 4.69) is 53.1 Å². The summed E-state index contributed by atoms with van der Waals surface area (Å²) in [5.74, 6) is 0.863. The van der Waals surface area contributed by atoms with Crippen LogP contribution in [0.1, 0.15) is 52.9 Å². The molecule has 1 heterocycles. The molecule has 0 aromatic carbocycles. The summed E-state index contributed by atoms with van der Waals surface area (Å²) < 4.78 is 0.895. The SMILES string of the molecule is CC(C)(C)C1CCCC(Nc2ccc(Br)nc2)CC1. The molecule has 3 heteroatoms. The Kier molecular flexibility index (Phi) is 4.88. The maximum absolute atomic E-state index is 4.28. The van der Waals surface area contributed by atoms with E-state index in [0.717, 1.165) is 16.2 Å². The molecule has 2 nitrogen and oxygen atoms in total. The van der Waals surface area contributed by atoms with Crippen LogP contribution in [-0.4, -0.2) is 11.0 Å². The van der Waals surface area contributed by atoms with Crippen LogP contribution >= 0.6 is 15.9 Å². The highest BCUT2D eigenvalue weighted by Gasteiger charge is 2.27. The second-order valence-electron chi connectivity index (χ2n) is 6.78. The number of hydrogen-bond donors (Lipinski definition) is 1. The summed E-state index contributed by atoms with van der Waals surface area (Å²) >= 11 is 3.37. The number of hydrogen-bond acceptors (Lipinski definition) is 2. The molecule has 0 saturated heterocycles. The first-order valence-corrected chi connectivity index (χ1v) is 8.12. The van der Waals surface area contributed by atoms with Crippen LogP contribution in [-0.2, 0) is 0 Å². The third-order valence-electron chi connectivity index (χ3n) is 4.29. The van der Waals surface area contributed by atoms with Gasteiger partial charge in [-0.2, -0.15) is 0 Å². The first-order valence-electron chi connectivity index (χ1n) is 7.33. The lowest BCUT2D eigenvalue weighted by atomic mass is 9.76. The van der Waals surface area contributed by atoms with Crippen molar-refractivity contribution in [3.05, 3.63) is 22.9 Å².